The molecule has 0 bridgehead atoms. The van der Waals surface area contributed by atoms with Crippen LogP contribution in [0.1, 0.15) is 149 Å². The number of benzene rings is 5. The summed E-state index contributed by atoms with van der Waals surface area (Å²) in [7, 11) is -0.856. The first-order chi connectivity index (χ1) is 64.8. The zero-order valence-electron chi connectivity index (χ0n) is 84.5. The molecule has 0 spiro atoms. The average Bonchev–Trinajstić information content (AvgIpc) is 0.812. The monoisotopic (exact) mass is 2090 g/mol. The van der Waals surface area contributed by atoms with Gasteiger partial charge in [-0.05, 0) is 240 Å². The number of ether oxygens (including phenoxy) is 1. The van der Waals surface area contributed by atoms with Gasteiger partial charge in [0.15, 0.2) is 44.3 Å². The van der Waals surface area contributed by atoms with Crippen LogP contribution in [0.25, 0.3) is 0 Å². The third-order valence-electron chi connectivity index (χ3n) is 17.6. The van der Waals surface area contributed by atoms with Gasteiger partial charge in [0.2, 0.25) is 40.7 Å². The van der Waals surface area contributed by atoms with E-state index >= 15 is 0 Å². The van der Waals surface area contributed by atoms with Gasteiger partial charge in [0.25, 0.3) is 6.47 Å². The van der Waals surface area contributed by atoms with Gasteiger partial charge in [-0.15, -0.1) is 47.0 Å². The Hall–Kier alpha value is -9.11. The minimum absolute atomic E-state index is 0. The summed E-state index contributed by atoms with van der Waals surface area (Å²) in [6.07, 6.45) is 7.45. The maximum absolute atomic E-state index is 12.1. The van der Waals surface area contributed by atoms with Crippen LogP contribution in [0.5, 0.6) is 5.88 Å². The van der Waals surface area contributed by atoms with Crippen molar-refractivity contribution >= 4 is 181 Å². The van der Waals surface area contributed by atoms with E-state index < -0.39 is 53.8 Å². The fourth-order valence-corrected chi connectivity index (χ4v) is 16.3. The normalized spacial score (nSPS) is 10.9. The number of thioether (sulfide) groups is 6. The van der Waals surface area contributed by atoms with Crippen LogP contribution < -0.4 is 173 Å². The van der Waals surface area contributed by atoms with Gasteiger partial charge in [-0.3, -0.25) is 27.8 Å². The van der Waals surface area contributed by atoms with Crippen molar-refractivity contribution in [1.82, 2.24) is 49.8 Å². The molecule has 5 heterocycles. The minimum Gasteiger partial charge on any atom is -1.00 e. The molecule has 34 nitrogen and oxygen atoms in total. The van der Waals surface area contributed by atoms with Crippen LogP contribution in [0.4, 0.5) is 68.0 Å². The molecule has 16 N–H and O–H groups in total. The molecule has 4 atom stereocenters. The Labute approximate surface area is 930 Å². The van der Waals surface area contributed by atoms with Crippen LogP contribution in [0, 0.1) is 144 Å². The van der Waals surface area contributed by atoms with Gasteiger partial charge in [-0.2, -0.15) is 41.3 Å². The SMILES string of the molecule is CC(C)[C@@H](N)C(N)=O.CCS(=O)c1nc(Nc2cc(C)cc(C)c2)c(C#N)c(SC)n1.CCSc1nc(Cl)c(C#N)c(SC)n1.CCSc1nc(Nc2cc(C)cc(C)c2)c(C#N)c(SC)n1.COc1nc(N[C@@H](C(N)=O)C(C)C)nc(Nc2cc(C)cc(C)c2)c1C#N.CSc1nc(N[C@@H](C(N)=O)C(C)C)nc(Nc2cc(C)cc(C)c2)c1C#N.Cc1cc(C)cc(N)c1.O=CO[O-].[2H]CF.[H-].[K+].[K+]. The van der Waals surface area contributed by atoms with Crippen LogP contribution in [-0.4, -0.2) is 153 Å². The van der Waals surface area contributed by atoms with Gasteiger partial charge in [-0.25, -0.2) is 34.9 Å². The Morgan fingerprint density at radius 3 is 1.04 bits per heavy atom. The predicted octanol–water partition coefficient (Wildman–Crippen LogP) is 11.4. The van der Waals surface area contributed by atoms with Crippen molar-refractivity contribution in [2.24, 2.45) is 40.7 Å². The summed E-state index contributed by atoms with van der Waals surface area (Å²) in [5.74, 6) is 2.98. The van der Waals surface area contributed by atoms with Crippen LogP contribution >= 0.6 is 82.2 Å². The number of rotatable bonds is 30. The van der Waals surface area contributed by atoms with Crippen LogP contribution in [0.15, 0.2) is 127 Å². The predicted molar refractivity (Wildman–Crippen MR) is 549 cm³/mol. The number of methoxy groups -OCH3 is 1. The Morgan fingerprint density at radius 2 is 0.775 bits per heavy atom. The molecule has 5 aromatic heterocycles. The van der Waals surface area contributed by atoms with Gasteiger partial charge in [-0.1, -0.05) is 128 Å². The molecule has 0 aliphatic rings. The summed E-state index contributed by atoms with van der Waals surface area (Å²) in [6, 6.07) is 39.0. The third kappa shape index (κ3) is 44.8. The van der Waals surface area contributed by atoms with E-state index in [2.05, 4.69) is 156 Å². The smallest absolute Gasteiger partial charge is 1.00 e. The number of hydrogen-bond donors (Lipinski definition) is 11. The Bertz CT molecular complexity index is 5710. The van der Waals surface area contributed by atoms with Crippen LogP contribution in [0.3, 0.4) is 0 Å². The zero-order chi connectivity index (χ0) is 104. The van der Waals surface area contributed by atoms with Crippen LogP contribution in [-0.2, 0) is 34.9 Å². The Kier molecular flexibility index (Phi) is 62.6. The molecule has 45 heteroatoms. The number of anilines is 11. The van der Waals surface area contributed by atoms with E-state index in [1.165, 1.54) is 88.2 Å². The fraction of sp³-hybridized carbons (Fsp3) is 0.366. The van der Waals surface area contributed by atoms with Gasteiger partial charge >= 0.3 is 103 Å². The fourth-order valence-electron chi connectivity index (χ4n) is 11.9. The van der Waals surface area contributed by atoms with Gasteiger partial charge in [0.1, 0.15) is 84.8 Å². The molecular formula is C93H120ClFK2N26O8S7. The number of nitrogens with two attached hydrogens (primary N) is 5. The molecule has 0 aliphatic carbocycles. The minimum atomic E-state index is -1.27. The van der Waals surface area contributed by atoms with Crippen molar-refractivity contribution in [1.29, 1.82) is 26.3 Å². The average molecular weight is 2090 g/mol. The molecule has 5 aromatic carbocycles. The van der Waals surface area contributed by atoms with E-state index in [-0.39, 0.29) is 168 Å². The number of nitrogen functional groups attached to an aromatic ring is 1. The summed E-state index contributed by atoms with van der Waals surface area (Å²) in [5, 5.41) is 78.2. The number of amides is 3. The number of nitriles is 5. The van der Waals surface area contributed by atoms with Crippen LogP contribution in [0.2, 0.25) is 5.15 Å². The van der Waals surface area contributed by atoms with Crippen molar-refractivity contribution in [3.8, 4) is 36.2 Å². The number of carbonyl (C=O) groups excluding carboxylic acids is 4. The molecule has 3 amide bonds. The number of nitrogens with one attached hydrogen (secondary N) is 6. The second-order valence-electron chi connectivity index (χ2n) is 30.1. The van der Waals surface area contributed by atoms with Crippen molar-refractivity contribution in [3.05, 3.63) is 180 Å². The van der Waals surface area contributed by atoms with Crippen molar-refractivity contribution in [3.63, 3.8) is 0 Å². The molecule has 10 rings (SSSR count). The maximum Gasteiger partial charge on any atom is 1.00 e. The van der Waals surface area contributed by atoms with Crippen molar-refractivity contribution in [2.75, 3.05) is 94.2 Å². The molecule has 138 heavy (non-hydrogen) atoms. The van der Waals surface area contributed by atoms with Gasteiger partial charge < -0.3 is 76.9 Å². The molecule has 0 fully saturated rings. The number of carbonyl (C=O) groups is 4. The van der Waals surface area contributed by atoms with E-state index in [4.69, 9.17) is 61.7 Å². The summed E-state index contributed by atoms with van der Waals surface area (Å²) in [4.78, 5) is 88.0. The van der Waals surface area contributed by atoms with E-state index in [0.29, 0.717) is 75.9 Å². The largest absolute Gasteiger partial charge is 1.00 e. The van der Waals surface area contributed by atoms with E-state index in [9.17, 15) is 44.0 Å². The Balaban J connectivity index is 0. The zero-order valence-corrected chi connectivity index (χ0v) is 95.2. The summed E-state index contributed by atoms with van der Waals surface area (Å²) < 4.78 is 32.8. The first kappa shape index (κ1) is 127. The molecule has 0 aliphatic heterocycles. The molecule has 0 radical (unpaired) electrons. The van der Waals surface area contributed by atoms with Gasteiger partial charge in [0.05, 0.1) is 32.5 Å². The summed E-state index contributed by atoms with van der Waals surface area (Å²) in [5.41, 5.74) is 44.0. The third-order valence-corrected chi connectivity index (χ3v) is 23.2. The van der Waals surface area contributed by atoms with E-state index in [0.717, 1.165) is 73.3 Å². The molecule has 0 saturated carbocycles. The number of aromatic nitrogens is 10. The number of hydrogen-bond acceptors (Lipinski definition) is 37. The standard InChI is InChI=1S/C19H24N6O2.C19H24N6OS.C16H18N4OS2.C16H18N4S2.C8H8ClN3S2.C8H11N.C5H12N2O.CH3F.CH2O3.2K.H/c2*1-10(2)15(16(21)26)23-19-24-17(14(9-20)18(25-19)27-5)22-13-7-11(3)6-12(4)8-13;1-5-23(21)16-19-14(13(9-17)15(20-16)22-4)18-12-7-10(2)6-11(3)8-12;1-5-22-16-19-14(13(9-17)15(20-16)21-4)18-12-7-10(2)6-11(3)8-12;1-3-14-8-11-6(9)5(4-10)7(12-8)13-2;1-6-3-7(2)5-8(9)4-6;1-3(2)4(6)5(7)8;1-2;2-1-4-3;;;/h2*6-8,10,15H,1-5H3,(H2,21,26)(H2,22,23,24,25);6-8H,5H2,1-4H3,(H,18,19,20);6-8H,5H2,1-4H3,(H,18,19,20);3H2,1-2H3;3-5H,9H2,1-2H3;3-4H,6H2,1-2H3,(H2,7,8);1H3;1,3H;;;/q;;;;;;;;;2*+1;-1/p-1/t2*15-;;;;;4-;;;;;/m11....1...../s1/i;;;;;;;1D;;;;. The first-order valence-electron chi connectivity index (χ1n) is 42.1. The van der Waals surface area contributed by atoms with Crippen molar-refractivity contribution < 1.29 is 148 Å². The van der Waals surface area contributed by atoms with E-state index in [1.807, 2.05) is 209 Å². The molecule has 1 unspecified atom stereocenters. The number of halogens is 2. The quantitative estimate of drug-likeness (QED) is 0.00291. The molecule has 728 valence electrons. The summed E-state index contributed by atoms with van der Waals surface area (Å²) >= 11 is 14.5. The summed E-state index contributed by atoms with van der Waals surface area (Å²) in [6.45, 7) is 37.1. The van der Waals surface area contributed by atoms with E-state index in [1.54, 1.807) is 11.8 Å². The number of nitrogens with zero attached hydrogens (tertiary/aromatic N) is 15. The second-order valence-corrected chi connectivity index (χ2v) is 37.7. The van der Waals surface area contributed by atoms with Gasteiger partial charge in [0, 0.05) is 34.2 Å². The first-order valence-corrected chi connectivity index (χ1v) is 50.0. The second kappa shape index (κ2) is 68.1. The van der Waals surface area contributed by atoms with Crippen molar-refractivity contribution in [2.45, 2.75) is 185 Å². The number of alkyl halides is 1. The maximum atomic E-state index is 12.1. The topological polar surface area (TPSA) is 577 Å². The Morgan fingerprint density at radius 1 is 0.486 bits per heavy atom. The molecular weight excluding hydrogens is 1970 g/mol. The molecule has 0 saturated heterocycles. The number of primary amides is 3. The number of aryl methyl sites for hydroxylation is 10. The molecule has 10 aromatic rings.